The quantitative estimate of drug-likeness (QED) is 0.602. The van der Waals surface area contributed by atoms with Gasteiger partial charge in [-0.2, -0.15) is 0 Å². The van der Waals surface area contributed by atoms with Crippen LogP contribution in [0.25, 0.3) is 0 Å². The minimum Gasteiger partial charge on any atom is -0.466 e. The average Bonchev–Trinajstić information content (AvgIpc) is 2.28. The number of benzene rings is 1. The van der Waals surface area contributed by atoms with Crippen molar-refractivity contribution < 1.29 is 18.7 Å². The fraction of sp³-hybridized carbons (Fsp3) is 0.200. The van der Waals surface area contributed by atoms with Gasteiger partial charge in [0.05, 0.1) is 7.11 Å². The first-order chi connectivity index (χ1) is 7.15. The van der Waals surface area contributed by atoms with Crippen LogP contribution in [0.2, 0.25) is 0 Å². The molecule has 15 heavy (non-hydrogen) atoms. The predicted molar refractivity (Wildman–Crippen MR) is 52.0 cm³/mol. The van der Waals surface area contributed by atoms with E-state index in [0.717, 1.165) is 7.11 Å². The van der Waals surface area contributed by atoms with E-state index in [1.165, 1.54) is 0 Å². The molecule has 0 saturated carbocycles. The van der Waals surface area contributed by atoms with E-state index in [-0.39, 0.29) is 0 Å². The number of anilines is 1. The van der Waals surface area contributed by atoms with Crippen LogP contribution in [-0.2, 0) is 14.3 Å². The van der Waals surface area contributed by atoms with Crippen molar-refractivity contribution in [3.8, 4) is 0 Å². The lowest BCUT2D eigenvalue weighted by Gasteiger charge is -2.07. The molecule has 0 heterocycles. The lowest BCUT2D eigenvalue weighted by atomic mass is 10.3. The van der Waals surface area contributed by atoms with E-state index in [2.05, 4.69) is 10.1 Å². The molecule has 0 radical (unpaired) electrons. The molecule has 0 saturated heterocycles. The third kappa shape index (κ3) is 3.05. The monoisotopic (exact) mass is 211 g/mol. The van der Waals surface area contributed by atoms with Crippen molar-refractivity contribution in [1.29, 1.82) is 0 Å². The van der Waals surface area contributed by atoms with Gasteiger partial charge in [-0.3, -0.25) is 4.79 Å². The number of hydrogen-bond acceptors (Lipinski definition) is 3. The number of methoxy groups -OCH3 is 1. The summed E-state index contributed by atoms with van der Waals surface area (Å²) >= 11 is 0. The summed E-state index contributed by atoms with van der Waals surface area (Å²) in [5, 5.41) is 2.24. The number of ether oxygens (including phenoxy) is 1. The maximum Gasteiger partial charge on any atom is 0.350 e. The highest BCUT2D eigenvalue weighted by atomic mass is 19.1. The van der Waals surface area contributed by atoms with Gasteiger partial charge in [-0.1, -0.05) is 18.2 Å². The van der Waals surface area contributed by atoms with Gasteiger partial charge in [-0.25, -0.2) is 9.18 Å². The Labute approximate surface area is 86.0 Å². The number of rotatable bonds is 3. The summed E-state index contributed by atoms with van der Waals surface area (Å²) in [6.45, 7) is 0. The van der Waals surface area contributed by atoms with Gasteiger partial charge >= 0.3 is 5.97 Å². The Kier molecular flexibility index (Phi) is 3.79. The van der Waals surface area contributed by atoms with Gasteiger partial charge in [0.1, 0.15) is 0 Å². The third-order valence-electron chi connectivity index (χ3n) is 1.68. The highest BCUT2D eigenvalue weighted by Crippen LogP contribution is 2.07. The van der Waals surface area contributed by atoms with Gasteiger partial charge in [-0.15, -0.1) is 0 Å². The second-order valence-corrected chi connectivity index (χ2v) is 2.74. The fourth-order valence-electron chi connectivity index (χ4n) is 0.938. The molecule has 1 aromatic rings. The molecule has 1 rings (SSSR count). The molecule has 1 N–H and O–H groups in total. The van der Waals surface area contributed by atoms with Crippen LogP contribution in [-0.4, -0.2) is 25.2 Å². The number of nitrogens with one attached hydrogen (secondary N) is 1. The first kappa shape index (κ1) is 11.2. The molecule has 1 atom stereocenters. The number of alkyl halides is 1. The molecule has 0 bridgehead atoms. The summed E-state index contributed by atoms with van der Waals surface area (Å²) in [4.78, 5) is 21.8. The molecular weight excluding hydrogens is 201 g/mol. The Morgan fingerprint density at radius 1 is 1.33 bits per heavy atom. The summed E-state index contributed by atoms with van der Waals surface area (Å²) in [7, 11) is 1.02. The molecule has 0 aliphatic carbocycles. The van der Waals surface area contributed by atoms with Crippen LogP contribution < -0.4 is 5.32 Å². The third-order valence-corrected chi connectivity index (χ3v) is 1.68. The number of halogens is 1. The largest absolute Gasteiger partial charge is 0.466 e. The maximum atomic E-state index is 13.0. The Hall–Kier alpha value is -1.91. The topological polar surface area (TPSA) is 55.4 Å². The van der Waals surface area contributed by atoms with Crippen LogP contribution in [0.1, 0.15) is 0 Å². The second-order valence-electron chi connectivity index (χ2n) is 2.74. The molecule has 1 amide bonds. The van der Waals surface area contributed by atoms with Crippen molar-refractivity contribution in [2.75, 3.05) is 12.4 Å². The lowest BCUT2D eigenvalue weighted by molar-refractivity contribution is -0.149. The first-order valence-corrected chi connectivity index (χ1v) is 4.23. The van der Waals surface area contributed by atoms with E-state index in [9.17, 15) is 14.0 Å². The molecule has 80 valence electrons. The Morgan fingerprint density at radius 2 is 1.93 bits per heavy atom. The first-order valence-electron chi connectivity index (χ1n) is 4.23. The summed E-state index contributed by atoms with van der Waals surface area (Å²) < 4.78 is 17.1. The highest BCUT2D eigenvalue weighted by molar-refractivity contribution is 6.07. The van der Waals surface area contributed by atoms with E-state index in [1.54, 1.807) is 30.3 Å². The molecule has 5 heteroatoms. The molecule has 0 spiro atoms. The van der Waals surface area contributed by atoms with Gasteiger partial charge < -0.3 is 10.1 Å². The molecule has 1 aromatic carbocycles. The molecule has 0 aliphatic heterocycles. The van der Waals surface area contributed by atoms with Gasteiger partial charge in [0.2, 0.25) is 0 Å². The summed E-state index contributed by atoms with van der Waals surface area (Å²) in [6, 6.07) is 8.29. The van der Waals surface area contributed by atoms with E-state index >= 15 is 0 Å². The number of esters is 1. The standard InChI is InChI=1S/C10H10FNO3/c1-15-10(14)8(11)9(13)12-7-5-3-2-4-6-7/h2-6,8H,1H3,(H,12,13). The zero-order chi connectivity index (χ0) is 11.3. The van der Waals surface area contributed by atoms with E-state index in [1.807, 2.05) is 0 Å². The number of para-hydroxylation sites is 1. The fourth-order valence-corrected chi connectivity index (χ4v) is 0.938. The number of carbonyl (C=O) groups excluding carboxylic acids is 2. The molecular formula is C10H10FNO3. The van der Waals surface area contributed by atoms with Crippen LogP contribution in [0.5, 0.6) is 0 Å². The molecule has 0 aromatic heterocycles. The number of amides is 1. The van der Waals surface area contributed by atoms with Gasteiger partial charge in [-0.05, 0) is 12.1 Å². The van der Waals surface area contributed by atoms with Gasteiger partial charge in [0.25, 0.3) is 12.1 Å². The van der Waals surface area contributed by atoms with Crippen molar-refractivity contribution in [3.05, 3.63) is 30.3 Å². The van der Waals surface area contributed by atoms with Gasteiger partial charge in [0.15, 0.2) is 0 Å². The summed E-state index contributed by atoms with van der Waals surface area (Å²) in [6.07, 6.45) is -2.30. The highest BCUT2D eigenvalue weighted by Gasteiger charge is 2.26. The lowest BCUT2D eigenvalue weighted by Crippen LogP contribution is -2.32. The number of carbonyl (C=O) groups is 2. The molecule has 0 fully saturated rings. The smallest absolute Gasteiger partial charge is 0.350 e. The minimum absolute atomic E-state index is 0.425. The van der Waals surface area contributed by atoms with Gasteiger partial charge in [0, 0.05) is 5.69 Å². The Bertz CT molecular complexity index is 353. The predicted octanol–water partition coefficient (Wildman–Crippen LogP) is 1.14. The van der Waals surface area contributed by atoms with Crippen LogP contribution in [0.3, 0.4) is 0 Å². The van der Waals surface area contributed by atoms with Crippen molar-refractivity contribution in [2.45, 2.75) is 6.17 Å². The minimum atomic E-state index is -2.30. The van der Waals surface area contributed by atoms with E-state index in [0.29, 0.717) is 5.69 Å². The van der Waals surface area contributed by atoms with E-state index in [4.69, 9.17) is 0 Å². The number of hydrogen-bond donors (Lipinski definition) is 1. The van der Waals surface area contributed by atoms with Crippen LogP contribution >= 0.6 is 0 Å². The molecule has 4 nitrogen and oxygen atoms in total. The normalized spacial score (nSPS) is 11.6. The second kappa shape index (κ2) is 5.09. The van der Waals surface area contributed by atoms with Crippen molar-refractivity contribution >= 4 is 17.6 Å². The average molecular weight is 211 g/mol. The van der Waals surface area contributed by atoms with Crippen LogP contribution in [0.15, 0.2) is 30.3 Å². The van der Waals surface area contributed by atoms with Crippen LogP contribution in [0, 0.1) is 0 Å². The summed E-state index contributed by atoms with van der Waals surface area (Å²) in [5.74, 6) is -2.24. The maximum absolute atomic E-state index is 13.0. The summed E-state index contributed by atoms with van der Waals surface area (Å²) in [5.41, 5.74) is 0.425. The molecule has 1 unspecified atom stereocenters. The van der Waals surface area contributed by atoms with Crippen molar-refractivity contribution in [2.24, 2.45) is 0 Å². The van der Waals surface area contributed by atoms with Crippen molar-refractivity contribution in [3.63, 3.8) is 0 Å². The zero-order valence-electron chi connectivity index (χ0n) is 8.07. The Morgan fingerprint density at radius 3 is 2.47 bits per heavy atom. The van der Waals surface area contributed by atoms with Crippen molar-refractivity contribution in [1.82, 2.24) is 0 Å². The molecule has 0 aliphatic rings. The van der Waals surface area contributed by atoms with E-state index < -0.39 is 18.0 Å². The Balaban J connectivity index is 2.60. The SMILES string of the molecule is COC(=O)C(F)C(=O)Nc1ccccc1. The zero-order valence-corrected chi connectivity index (χ0v) is 8.07. The van der Waals surface area contributed by atoms with Crippen LogP contribution in [0.4, 0.5) is 10.1 Å².